The van der Waals surface area contributed by atoms with Crippen LogP contribution in [0, 0.1) is 0 Å². The molecule has 1 saturated heterocycles. The van der Waals surface area contributed by atoms with Gasteiger partial charge in [0.25, 0.3) is 0 Å². The smallest absolute Gasteiger partial charge is 0.242 e. The summed E-state index contributed by atoms with van der Waals surface area (Å²) in [4.78, 5) is 17.8. The zero-order valence-corrected chi connectivity index (χ0v) is 9.23. The van der Waals surface area contributed by atoms with E-state index in [1.165, 1.54) is 0 Å². The maximum Gasteiger partial charge on any atom is 0.242 e. The number of rotatable bonds is 3. The lowest BCUT2D eigenvalue weighted by Gasteiger charge is -2.12. The number of carbonyl (C=O) groups is 1. The van der Waals surface area contributed by atoms with E-state index < -0.39 is 0 Å². The lowest BCUT2D eigenvalue weighted by atomic mass is 10.3. The van der Waals surface area contributed by atoms with Gasteiger partial charge in [-0.3, -0.25) is 14.7 Å². The molecule has 1 aliphatic heterocycles. The van der Waals surface area contributed by atoms with E-state index in [0.717, 1.165) is 24.7 Å². The zero-order valence-electron chi connectivity index (χ0n) is 8.41. The van der Waals surface area contributed by atoms with Crippen molar-refractivity contribution in [3.8, 4) is 0 Å². The van der Waals surface area contributed by atoms with E-state index in [1.807, 2.05) is 20.8 Å². The molecule has 0 saturated carbocycles. The summed E-state index contributed by atoms with van der Waals surface area (Å²) >= 11 is 1.60. The number of aliphatic imine (C=N–C) groups is 1. The van der Waals surface area contributed by atoms with Gasteiger partial charge in [0, 0.05) is 13.1 Å². The molecule has 0 N–H and O–H groups in total. The average Bonchev–Trinajstić information content (AvgIpc) is 2.43. The third-order valence-corrected chi connectivity index (χ3v) is 3.38. The van der Waals surface area contributed by atoms with Crippen LogP contribution in [0.15, 0.2) is 4.99 Å². The van der Waals surface area contributed by atoms with Gasteiger partial charge in [0.1, 0.15) is 0 Å². The Morgan fingerprint density at radius 3 is 2.62 bits per heavy atom. The predicted molar refractivity (Wildman–Crippen MR) is 57.0 cm³/mol. The Hall–Kier alpha value is -0.510. The molecule has 74 valence electrons. The molecule has 1 aliphatic rings. The van der Waals surface area contributed by atoms with Crippen molar-refractivity contribution < 1.29 is 4.79 Å². The Labute approximate surface area is 83.6 Å². The molecule has 4 heteroatoms. The second kappa shape index (κ2) is 4.65. The van der Waals surface area contributed by atoms with Crippen molar-refractivity contribution in [3.05, 3.63) is 0 Å². The van der Waals surface area contributed by atoms with Gasteiger partial charge in [-0.2, -0.15) is 0 Å². The van der Waals surface area contributed by atoms with Crippen LogP contribution >= 0.6 is 11.8 Å². The summed E-state index contributed by atoms with van der Waals surface area (Å²) in [6.45, 7) is 7.51. The first kappa shape index (κ1) is 10.6. The van der Waals surface area contributed by atoms with E-state index >= 15 is 0 Å². The monoisotopic (exact) mass is 200 g/mol. The normalized spacial score (nSPS) is 26.1. The van der Waals surface area contributed by atoms with Crippen LogP contribution in [0.25, 0.3) is 0 Å². The van der Waals surface area contributed by atoms with E-state index in [9.17, 15) is 4.79 Å². The fourth-order valence-corrected chi connectivity index (χ4v) is 2.52. The highest BCUT2D eigenvalue weighted by Crippen LogP contribution is 2.28. The Kier molecular flexibility index (Phi) is 3.78. The van der Waals surface area contributed by atoms with E-state index in [2.05, 4.69) is 4.99 Å². The first-order valence-corrected chi connectivity index (χ1v) is 5.65. The highest BCUT2D eigenvalue weighted by molar-refractivity contribution is 8.15. The van der Waals surface area contributed by atoms with E-state index in [4.69, 9.17) is 0 Å². The maximum absolute atomic E-state index is 11.7. The number of amides is 1. The number of nitrogens with zero attached hydrogens (tertiary/aromatic N) is 2. The standard InChI is InChI=1S/C9H16N2OS/c1-4-7-8(12)11(6-3)9(13-7)10-5-2/h7H,4-6H2,1-3H3/t7-/m0/s1. The topological polar surface area (TPSA) is 32.7 Å². The Balaban J connectivity index is 2.78. The van der Waals surface area contributed by atoms with E-state index in [0.29, 0.717) is 0 Å². The van der Waals surface area contributed by atoms with Gasteiger partial charge in [0.15, 0.2) is 5.17 Å². The lowest BCUT2D eigenvalue weighted by molar-refractivity contribution is -0.126. The van der Waals surface area contributed by atoms with Crippen LogP contribution in [0.2, 0.25) is 0 Å². The summed E-state index contributed by atoms with van der Waals surface area (Å²) in [5.74, 6) is 0.224. The Morgan fingerprint density at radius 1 is 1.46 bits per heavy atom. The third-order valence-electron chi connectivity index (χ3n) is 2.00. The summed E-state index contributed by atoms with van der Waals surface area (Å²) in [7, 11) is 0. The minimum absolute atomic E-state index is 0.102. The van der Waals surface area contributed by atoms with Crippen molar-refractivity contribution in [2.24, 2.45) is 4.99 Å². The summed E-state index contributed by atoms with van der Waals surface area (Å²) in [6, 6.07) is 0. The second-order valence-electron chi connectivity index (χ2n) is 2.85. The molecule has 0 aliphatic carbocycles. The summed E-state index contributed by atoms with van der Waals surface area (Å²) in [5, 5.41) is 1.01. The quantitative estimate of drug-likeness (QED) is 0.695. The van der Waals surface area contributed by atoms with Crippen LogP contribution in [0.1, 0.15) is 27.2 Å². The fourth-order valence-electron chi connectivity index (χ4n) is 1.32. The molecule has 0 aromatic rings. The van der Waals surface area contributed by atoms with Gasteiger partial charge in [0.2, 0.25) is 5.91 Å². The number of hydrogen-bond acceptors (Lipinski definition) is 3. The summed E-state index contributed by atoms with van der Waals surface area (Å²) in [5.41, 5.74) is 0. The van der Waals surface area contributed by atoms with Crippen molar-refractivity contribution in [1.29, 1.82) is 0 Å². The van der Waals surface area contributed by atoms with E-state index in [-0.39, 0.29) is 11.2 Å². The average molecular weight is 200 g/mol. The third kappa shape index (κ3) is 2.05. The molecule has 0 spiro atoms. The minimum atomic E-state index is 0.102. The van der Waals surface area contributed by atoms with Crippen molar-refractivity contribution in [1.82, 2.24) is 4.90 Å². The van der Waals surface area contributed by atoms with Crippen LogP contribution in [-0.2, 0) is 4.79 Å². The molecule has 1 atom stereocenters. The highest BCUT2D eigenvalue weighted by Gasteiger charge is 2.35. The van der Waals surface area contributed by atoms with E-state index in [1.54, 1.807) is 16.7 Å². The number of carbonyl (C=O) groups excluding carboxylic acids is 1. The van der Waals surface area contributed by atoms with Crippen molar-refractivity contribution in [3.63, 3.8) is 0 Å². The summed E-state index contributed by atoms with van der Waals surface area (Å²) in [6.07, 6.45) is 0.892. The van der Waals surface area contributed by atoms with Crippen LogP contribution in [0.5, 0.6) is 0 Å². The lowest BCUT2D eigenvalue weighted by Crippen LogP contribution is -2.31. The molecule has 3 nitrogen and oxygen atoms in total. The zero-order chi connectivity index (χ0) is 9.84. The van der Waals surface area contributed by atoms with Crippen LogP contribution in [0.3, 0.4) is 0 Å². The molecule has 13 heavy (non-hydrogen) atoms. The first-order chi connectivity index (χ1) is 6.24. The van der Waals surface area contributed by atoms with Gasteiger partial charge in [-0.15, -0.1) is 0 Å². The predicted octanol–water partition coefficient (Wildman–Crippen LogP) is 1.74. The molecular weight excluding hydrogens is 184 g/mol. The van der Waals surface area contributed by atoms with Gasteiger partial charge in [-0.25, -0.2) is 0 Å². The number of hydrogen-bond donors (Lipinski definition) is 0. The molecule has 0 unspecified atom stereocenters. The molecule has 1 heterocycles. The van der Waals surface area contributed by atoms with Gasteiger partial charge in [-0.1, -0.05) is 18.7 Å². The first-order valence-electron chi connectivity index (χ1n) is 4.77. The van der Waals surface area contributed by atoms with Gasteiger partial charge >= 0.3 is 0 Å². The van der Waals surface area contributed by atoms with Crippen LogP contribution in [-0.4, -0.2) is 34.3 Å². The van der Waals surface area contributed by atoms with Gasteiger partial charge < -0.3 is 0 Å². The highest BCUT2D eigenvalue weighted by atomic mass is 32.2. The summed E-state index contributed by atoms with van der Waals surface area (Å²) < 4.78 is 0. The van der Waals surface area contributed by atoms with Gasteiger partial charge in [0.05, 0.1) is 5.25 Å². The number of thioether (sulfide) groups is 1. The van der Waals surface area contributed by atoms with Crippen LogP contribution in [0.4, 0.5) is 0 Å². The Bertz CT molecular complexity index is 228. The Morgan fingerprint density at radius 2 is 2.15 bits per heavy atom. The number of amidine groups is 1. The fraction of sp³-hybridized carbons (Fsp3) is 0.778. The molecule has 0 radical (unpaired) electrons. The van der Waals surface area contributed by atoms with Crippen molar-refractivity contribution in [2.45, 2.75) is 32.4 Å². The molecule has 1 rings (SSSR count). The van der Waals surface area contributed by atoms with Crippen LogP contribution < -0.4 is 0 Å². The van der Waals surface area contributed by atoms with Crippen molar-refractivity contribution in [2.75, 3.05) is 13.1 Å². The molecular formula is C9H16N2OS. The molecule has 0 aromatic carbocycles. The second-order valence-corrected chi connectivity index (χ2v) is 4.02. The minimum Gasteiger partial charge on any atom is -0.291 e. The largest absolute Gasteiger partial charge is 0.291 e. The molecule has 0 bridgehead atoms. The van der Waals surface area contributed by atoms with Gasteiger partial charge in [-0.05, 0) is 20.3 Å². The molecule has 1 amide bonds. The molecule has 0 aromatic heterocycles. The SMILES string of the molecule is CCN=C1S[C@@H](CC)C(=O)N1CC. The molecule has 1 fully saturated rings. The van der Waals surface area contributed by atoms with Crippen molar-refractivity contribution >= 4 is 22.8 Å². The maximum atomic E-state index is 11.7.